The fourth-order valence-corrected chi connectivity index (χ4v) is 1.27. The molecule has 4 heteroatoms. The van der Waals surface area contributed by atoms with E-state index in [9.17, 15) is 0 Å². The van der Waals surface area contributed by atoms with Crippen molar-refractivity contribution < 1.29 is 0 Å². The molecule has 0 aromatic heterocycles. The molecule has 0 N–H and O–H groups in total. The van der Waals surface area contributed by atoms with Crippen molar-refractivity contribution in [1.82, 2.24) is 0 Å². The summed E-state index contributed by atoms with van der Waals surface area (Å²) in [6.45, 7) is 0.428. The first kappa shape index (κ1) is 9.10. The van der Waals surface area contributed by atoms with Crippen LogP contribution in [0, 0.1) is 0 Å². The topological polar surface area (TPSA) is 48.8 Å². The molecule has 1 aromatic rings. The van der Waals surface area contributed by atoms with Crippen LogP contribution >= 0.6 is 15.9 Å². The van der Waals surface area contributed by atoms with Gasteiger partial charge in [0.25, 0.3) is 0 Å². The summed E-state index contributed by atoms with van der Waals surface area (Å²) in [5, 5.41) is 4.31. The molecular weight excluding hydrogens is 218 g/mol. The van der Waals surface area contributed by atoms with Gasteiger partial charge < -0.3 is 0 Å². The summed E-state index contributed by atoms with van der Waals surface area (Å²) in [7, 11) is 0. The quantitative estimate of drug-likeness (QED) is 0.328. The van der Waals surface area contributed by atoms with Crippen LogP contribution < -0.4 is 0 Å². The van der Waals surface area contributed by atoms with E-state index in [0.717, 1.165) is 10.9 Å². The molecule has 1 rings (SSSR count). The number of benzene rings is 1. The summed E-state index contributed by atoms with van der Waals surface area (Å²) < 4.78 is 0. The Morgan fingerprint density at radius 1 is 1.42 bits per heavy atom. The lowest BCUT2D eigenvalue weighted by atomic mass is 10.1. The van der Waals surface area contributed by atoms with Crippen LogP contribution in [0.25, 0.3) is 10.4 Å². The van der Waals surface area contributed by atoms with Crippen LogP contribution in [0.15, 0.2) is 29.4 Å². The monoisotopic (exact) mass is 225 g/mol. The van der Waals surface area contributed by atoms with Crippen molar-refractivity contribution in [3.8, 4) is 0 Å². The van der Waals surface area contributed by atoms with Crippen molar-refractivity contribution in [2.45, 2.75) is 11.9 Å². The molecule has 0 aliphatic carbocycles. The Morgan fingerprint density at radius 2 is 2.17 bits per heavy atom. The second-order valence-electron chi connectivity index (χ2n) is 2.34. The summed E-state index contributed by atoms with van der Waals surface area (Å²) in [4.78, 5) is 2.70. The van der Waals surface area contributed by atoms with E-state index in [1.165, 1.54) is 5.56 Å². The first-order chi connectivity index (χ1) is 5.86. The van der Waals surface area contributed by atoms with E-state index in [2.05, 4.69) is 26.0 Å². The van der Waals surface area contributed by atoms with E-state index < -0.39 is 0 Å². The number of nitrogens with zero attached hydrogens (tertiary/aromatic N) is 3. The Balaban J connectivity index is 2.78. The summed E-state index contributed by atoms with van der Waals surface area (Å²) in [5.41, 5.74) is 10.3. The maximum absolute atomic E-state index is 8.10. The van der Waals surface area contributed by atoms with Gasteiger partial charge >= 0.3 is 0 Å². The van der Waals surface area contributed by atoms with Gasteiger partial charge in [0, 0.05) is 10.2 Å². The average molecular weight is 226 g/mol. The first-order valence-corrected chi connectivity index (χ1v) is 4.63. The maximum atomic E-state index is 8.10. The molecule has 0 bridgehead atoms. The molecule has 62 valence electrons. The molecule has 0 heterocycles. The highest BCUT2D eigenvalue weighted by atomic mass is 79.9. The Hall–Kier alpha value is -0.990. The lowest BCUT2D eigenvalue weighted by molar-refractivity contribution is 1.04. The third kappa shape index (κ3) is 2.57. The summed E-state index contributed by atoms with van der Waals surface area (Å²) in [6, 6.07) is 7.94. The molecule has 0 amide bonds. The van der Waals surface area contributed by atoms with Crippen LogP contribution in [-0.4, -0.2) is 0 Å². The highest BCUT2D eigenvalue weighted by Crippen LogP contribution is 2.09. The molecule has 0 fully saturated rings. The third-order valence-corrected chi connectivity index (χ3v) is 2.11. The predicted octanol–water partition coefficient (Wildman–Crippen LogP) is 3.39. The number of hydrogen-bond acceptors (Lipinski definition) is 1. The molecule has 3 nitrogen and oxygen atoms in total. The molecular formula is C8H8BrN3. The molecule has 0 aliphatic rings. The normalized spacial score (nSPS) is 9.08. The van der Waals surface area contributed by atoms with E-state index in [1.807, 2.05) is 24.3 Å². The van der Waals surface area contributed by atoms with E-state index >= 15 is 0 Å². The summed E-state index contributed by atoms with van der Waals surface area (Å²) in [5.74, 6) is 0. The zero-order valence-corrected chi connectivity index (χ0v) is 8.03. The van der Waals surface area contributed by atoms with Crippen LogP contribution in [0.1, 0.15) is 11.1 Å². The average Bonchev–Trinajstić information content (AvgIpc) is 2.15. The van der Waals surface area contributed by atoms with E-state index in [4.69, 9.17) is 5.53 Å². The SMILES string of the molecule is [N-]=[N+]=NCc1cccc(CBr)c1. The Kier molecular flexibility index (Phi) is 3.64. The zero-order chi connectivity index (χ0) is 8.81. The van der Waals surface area contributed by atoms with Crippen LogP contribution in [0.4, 0.5) is 0 Å². The van der Waals surface area contributed by atoms with Crippen molar-refractivity contribution in [1.29, 1.82) is 0 Å². The van der Waals surface area contributed by atoms with Crippen molar-refractivity contribution in [3.63, 3.8) is 0 Å². The van der Waals surface area contributed by atoms with Gasteiger partial charge in [-0.3, -0.25) is 0 Å². The number of hydrogen-bond donors (Lipinski definition) is 0. The molecule has 1 aromatic carbocycles. The smallest absolute Gasteiger partial charge is 0.0510 e. The van der Waals surface area contributed by atoms with Gasteiger partial charge in [0.2, 0.25) is 0 Å². The molecule has 0 unspecified atom stereocenters. The van der Waals surface area contributed by atoms with E-state index in [1.54, 1.807) is 0 Å². The minimum atomic E-state index is 0.428. The minimum absolute atomic E-state index is 0.428. The second kappa shape index (κ2) is 4.80. The molecule has 0 radical (unpaired) electrons. The van der Waals surface area contributed by atoms with Gasteiger partial charge in [0.05, 0.1) is 6.54 Å². The third-order valence-electron chi connectivity index (χ3n) is 1.46. The molecule has 0 spiro atoms. The lowest BCUT2D eigenvalue weighted by Gasteiger charge is -1.97. The highest BCUT2D eigenvalue weighted by Gasteiger charge is 1.92. The van der Waals surface area contributed by atoms with Gasteiger partial charge in [-0.15, -0.1) is 0 Å². The first-order valence-electron chi connectivity index (χ1n) is 3.51. The molecule has 0 atom stereocenters. The Bertz CT molecular complexity index is 305. The Labute approximate surface area is 79.2 Å². The second-order valence-corrected chi connectivity index (χ2v) is 2.90. The van der Waals surface area contributed by atoms with Crippen molar-refractivity contribution in [2.75, 3.05) is 0 Å². The van der Waals surface area contributed by atoms with Crippen molar-refractivity contribution in [3.05, 3.63) is 45.8 Å². The number of alkyl halides is 1. The fourth-order valence-electron chi connectivity index (χ4n) is 0.924. The van der Waals surface area contributed by atoms with Crippen molar-refractivity contribution in [2.24, 2.45) is 5.11 Å². The standard InChI is InChI=1S/C8H8BrN3/c9-5-7-2-1-3-8(4-7)6-11-12-10/h1-4H,5-6H2. The van der Waals surface area contributed by atoms with E-state index in [0.29, 0.717) is 6.54 Å². The molecule has 0 saturated carbocycles. The van der Waals surface area contributed by atoms with E-state index in [-0.39, 0.29) is 0 Å². The fraction of sp³-hybridized carbons (Fsp3) is 0.250. The largest absolute Gasteiger partial charge is 0.0893 e. The number of rotatable bonds is 3. The zero-order valence-electron chi connectivity index (χ0n) is 6.44. The van der Waals surface area contributed by atoms with Gasteiger partial charge in [0.1, 0.15) is 0 Å². The van der Waals surface area contributed by atoms with Crippen LogP contribution in [0.3, 0.4) is 0 Å². The van der Waals surface area contributed by atoms with Crippen LogP contribution in [0.5, 0.6) is 0 Å². The van der Waals surface area contributed by atoms with Crippen molar-refractivity contribution >= 4 is 15.9 Å². The highest BCUT2D eigenvalue weighted by molar-refractivity contribution is 9.08. The maximum Gasteiger partial charge on any atom is 0.0510 e. The molecule has 0 saturated heterocycles. The van der Waals surface area contributed by atoms with Crippen LogP contribution in [0.2, 0.25) is 0 Å². The van der Waals surface area contributed by atoms with Gasteiger partial charge in [-0.2, -0.15) is 0 Å². The molecule has 0 aliphatic heterocycles. The van der Waals surface area contributed by atoms with Gasteiger partial charge in [-0.1, -0.05) is 45.3 Å². The summed E-state index contributed by atoms with van der Waals surface area (Å²) >= 11 is 3.36. The minimum Gasteiger partial charge on any atom is -0.0893 e. The number of halogens is 1. The van der Waals surface area contributed by atoms with Gasteiger partial charge in [-0.25, -0.2) is 0 Å². The summed E-state index contributed by atoms with van der Waals surface area (Å²) in [6.07, 6.45) is 0. The van der Waals surface area contributed by atoms with Gasteiger partial charge in [0.15, 0.2) is 0 Å². The lowest BCUT2D eigenvalue weighted by Crippen LogP contribution is -1.82. The molecule has 12 heavy (non-hydrogen) atoms. The van der Waals surface area contributed by atoms with Crippen LogP contribution in [-0.2, 0) is 11.9 Å². The number of azide groups is 1. The predicted molar refractivity (Wildman–Crippen MR) is 51.9 cm³/mol. The Morgan fingerprint density at radius 3 is 2.83 bits per heavy atom. The van der Waals surface area contributed by atoms with Gasteiger partial charge in [-0.05, 0) is 16.7 Å².